The fraction of sp³-hybridized carbons (Fsp3) is 0.957. The quantitative estimate of drug-likeness (QED) is 0.0426. The summed E-state index contributed by atoms with van der Waals surface area (Å²) in [6.07, 6.45) is 43.0. The molecule has 0 saturated carbocycles. The van der Waals surface area contributed by atoms with Gasteiger partial charge in [-0.3, -0.25) is 9.59 Å². The van der Waals surface area contributed by atoms with Crippen molar-refractivity contribution in [1.82, 2.24) is 5.32 Å². The average molecular weight is 752 g/mol. The molecule has 53 heavy (non-hydrogen) atoms. The fourth-order valence-electron chi connectivity index (χ4n) is 7.55. The van der Waals surface area contributed by atoms with Crippen LogP contribution in [-0.2, 0) is 14.3 Å². The summed E-state index contributed by atoms with van der Waals surface area (Å²) in [5, 5.41) is 23.6. The molecule has 1 amide bonds. The van der Waals surface area contributed by atoms with Crippen LogP contribution in [0.15, 0.2) is 0 Å². The van der Waals surface area contributed by atoms with Gasteiger partial charge >= 0.3 is 5.97 Å². The van der Waals surface area contributed by atoms with E-state index in [9.17, 15) is 19.8 Å². The van der Waals surface area contributed by atoms with Gasteiger partial charge in [0.05, 0.1) is 25.2 Å². The normalized spacial score (nSPS) is 13.2. The Balaban J connectivity index is 4.55. The highest BCUT2D eigenvalue weighted by atomic mass is 16.5. The smallest absolute Gasteiger partial charge is 0.306 e. The van der Waals surface area contributed by atoms with Crippen molar-refractivity contribution in [2.45, 2.75) is 283 Å². The number of hydrogen-bond acceptors (Lipinski definition) is 5. The van der Waals surface area contributed by atoms with Gasteiger partial charge in [-0.25, -0.2) is 0 Å². The second-order valence-electron chi connectivity index (χ2n) is 16.5. The van der Waals surface area contributed by atoms with E-state index in [2.05, 4.69) is 26.1 Å². The molecule has 3 atom stereocenters. The number of nitrogens with one attached hydrogen (secondary N) is 1. The van der Waals surface area contributed by atoms with Crippen LogP contribution in [-0.4, -0.2) is 46.9 Å². The lowest BCUT2D eigenvalue weighted by atomic mass is 10.0. The van der Waals surface area contributed by atoms with Gasteiger partial charge in [0.25, 0.3) is 0 Å². The van der Waals surface area contributed by atoms with Gasteiger partial charge in [0.1, 0.15) is 6.10 Å². The van der Waals surface area contributed by atoms with Gasteiger partial charge in [0.2, 0.25) is 5.91 Å². The van der Waals surface area contributed by atoms with Gasteiger partial charge in [-0.15, -0.1) is 0 Å². The molecule has 6 nitrogen and oxygen atoms in total. The molecule has 0 spiro atoms. The minimum absolute atomic E-state index is 0.0870. The number of carbonyl (C=O) groups is 2. The molecule has 0 aromatic heterocycles. The van der Waals surface area contributed by atoms with Crippen LogP contribution in [0.2, 0.25) is 0 Å². The third kappa shape index (κ3) is 37.6. The number of esters is 1. The first-order valence-electron chi connectivity index (χ1n) is 23.8. The summed E-state index contributed by atoms with van der Waals surface area (Å²) in [4.78, 5) is 26.0. The van der Waals surface area contributed by atoms with E-state index in [1.165, 1.54) is 173 Å². The molecule has 0 aliphatic carbocycles. The van der Waals surface area contributed by atoms with Crippen LogP contribution in [0.4, 0.5) is 0 Å². The maximum atomic E-state index is 13.1. The van der Waals surface area contributed by atoms with Crippen LogP contribution in [0.5, 0.6) is 0 Å². The average Bonchev–Trinajstić information content (AvgIpc) is 3.15. The standard InChI is InChI=1S/C47H93NO5/c1-4-7-10-13-16-19-22-23-25-26-29-32-35-38-43(53-47(52)40-37-34-31-28-24-20-17-14-11-8-5-2)41-46(51)48-44(42-49)45(50)39-36-33-30-27-21-18-15-12-9-6-3/h43-45,49-50H,4-42H2,1-3H3,(H,48,51). The molecule has 3 N–H and O–H groups in total. The highest BCUT2D eigenvalue weighted by molar-refractivity contribution is 5.77. The van der Waals surface area contributed by atoms with Crippen LogP contribution >= 0.6 is 0 Å². The summed E-state index contributed by atoms with van der Waals surface area (Å²) in [6, 6.07) is -0.690. The molecule has 0 saturated heterocycles. The van der Waals surface area contributed by atoms with Gasteiger partial charge in [0, 0.05) is 6.42 Å². The molecule has 0 bridgehead atoms. The van der Waals surface area contributed by atoms with E-state index in [0.29, 0.717) is 19.3 Å². The zero-order valence-electron chi connectivity index (χ0n) is 35.9. The predicted molar refractivity (Wildman–Crippen MR) is 227 cm³/mol. The summed E-state index contributed by atoms with van der Waals surface area (Å²) in [5.74, 6) is -0.457. The Bertz CT molecular complexity index is 761. The van der Waals surface area contributed by atoms with Crippen LogP contribution < -0.4 is 5.32 Å². The van der Waals surface area contributed by atoms with Crippen LogP contribution in [0, 0.1) is 0 Å². The van der Waals surface area contributed by atoms with E-state index in [0.717, 1.165) is 44.9 Å². The minimum Gasteiger partial charge on any atom is -0.462 e. The van der Waals surface area contributed by atoms with Crippen LogP contribution in [0.3, 0.4) is 0 Å². The van der Waals surface area contributed by atoms with Crippen molar-refractivity contribution in [2.24, 2.45) is 0 Å². The first-order valence-corrected chi connectivity index (χ1v) is 23.8. The summed E-state index contributed by atoms with van der Waals surface area (Å²) < 4.78 is 5.91. The molecule has 3 unspecified atom stereocenters. The molecule has 0 aromatic rings. The number of hydrogen-bond donors (Lipinski definition) is 3. The number of carbonyl (C=O) groups excluding carboxylic acids is 2. The van der Waals surface area contributed by atoms with E-state index in [-0.39, 0.29) is 24.9 Å². The van der Waals surface area contributed by atoms with Crippen molar-refractivity contribution >= 4 is 11.9 Å². The molecule has 6 heteroatoms. The summed E-state index contributed by atoms with van der Waals surface area (Å²) in [6.45, 7) is 6.48. The highest BCUT2D eigenvalue weighted by Crippen LogP contribution is 2.18. The van der Waals surface area contributed by atoms with Gasteiger partial charge in [-0.05, 0) is 25.7 Å². The minimum atomic E-state index is -0.777. The Kier molecular flexibility index (Phi) is 41.1. The monoisotopic (exact) mass is 752 g/mol. The SMILES string of the molecule is CCCCCCCCCCCCCCCC(CC(=O)NC(CO)C(O)CCCCCCCCCCCC)OC(=O)CCCCCCCCCCCCC. The Morgan fingerprint density at radius 1 is 0.472 bits per heavy atom. The number of ether oxygens (including phenoxy) is 1. The number of unbranched alkanes of at least 4 members (excludes halogenated alkanes) is 31. The molecule has 0 rings (SSSR count). The largest absolute Gasteiger partial charge is 0.462 e. The third-order valence-electron chi connectivity index (χ3n) is 11.2. The second kappa shape index (κ2) is 42.0. The lowest BCUT2D eigenvalue weighted by molar-refractivity contribution is -0.151. The zero-order valence-corrected chi connectivity index (χ0v) is 35.9. The maximum Gasteiger partial charge on any atom is 0.306 e. The first kappa shape index (κ1) is 51.9. The fourth-order valence-corrected chi connectivity index (χ4v) is 7.55. The summed E-state index contributed by atoms with van der Waals surface area (Å²) in [5.41, 5.74) is 0. The predicted octanol–water partition coefficient (Wildman–Crippen LogP) is 13.6. The molecular weight excluding hydrogens is 659 g/mol. The highest BCUT2D eigenvalue weighted by Gasteiger charge is 2.24. The molecular formula is C47H93NO5. The molecule has 0 heterocycles. The van der Waals surface area contributed by atoms with Crippen LogP contribution in [0.1, 0.15) is 265 Å². The van der Waals surface area contributed by atoms with Crippen molar-refractivity contribution in [3.05, 3.63) is 0 Å². The summed E-state index contributed by atoms with van der Waals surface area (Å²) in [7, 11) is 0. The Morgan fingerprint density at radius 2 is 0.792 bits per heavy atom. The lowest BCUT2D eigenvalue weighted by Gasteiger charge is -2.24. The summed E-state index contributed by atoms with van der Waals surface area (Å²) >= 11 is 0. The van der Waals surface area contributed by atoms with Gasteiger partial charge in [-0.2, -0.15) is 0 Å². The molecule has 0 fully saturated rings. The van der Waals surface area contributed by atoms with E-state index in [4.69, 9.17) is 4.74 Å². The number of amides is 1. The Labute approximate surface area is 330 Å². The van der Waals surface area contributed by atoms with Crippen molar-refractivity contribution in [3.63, 3.8) is 0 Å². The van der Waals surface area contributed by atoms with Crippen molar-refractivity contribution in [3.8, 4) is 0 Å². The first-order chi connectivity index (χ1) is 26.0. The van der Waals surface area contributed by atoms with Gasteiger partial charge in [-0.1, -0.05) is 226 Å². The number of aliphatic hydroxyl groups is 2. The van der Waals surface area contributed by atoms with Crippen molar-refractivity contribution in [2.75, 3.05) is 6.61 Å². The van der Waals surface area contributed by atoms with E-state index in [1.807, 2.05) is 0 Å². The molecule has 0 aliphatic heterocycles. The van der Waals surface area contributed by atoms with Gasteiger partial charge < -0.3 is 20.3 Å². The third-order valence-corrected chi connectivity index (χ3v) is 11.2. The number of aliphatic hydroxyl groups excluding tert-OH is 2. The van der Waals surface area contributed by atoms with Crippen LogP contribution in [0.25, 0.3) is 0 Å². The molecule has 0 aliphatic rings. The van der Waals surface area contributed by atoms with Crippen molar-refractivity contribution < 1.29 is 24.5 Å². The molecule has 0 radical (unpaired) electrons. The Morgan fingerprint density at radius 3 is 1.15 bits per heavy atom. The number of rotatable bonds is 43. The van der Waals surface area contributed by atoms with Crippen molar-refractivity contribution in [1.29, 1.82) is 0 Å². The lowest BCUT2D eigenvalue weighted by Crippen LogP contribution is -2.46. The van der Waals surface area contributed by atoms with E-state index < -0.39 is 18.2 Å². The maximum absolute atomic E-state index is 13.1. The Hall–Kier alpha value is -1.14. The van der Waals surface area contributed by atoms with E-state index in [1.54, 1.807) is 0 Å². The van der Waals surface area contributed by atoms with Gasteiger partial charge in [0.15, 0.2) is 0 Å². The molecule has 0 aromatic carbocycles. The molecule has 316 valence electrons. The zero-order chi connectivity index (χ0) is 38.9. The van der Waals surface area contributed by atoms with E-state index >= 15 is 0 Å². The topological polar surface area (TPSA) is 95.9 Å². The second-order valence-corrected chi connectivity index (χ2v) is 16.5.